The normalized spacial score (nSPS) is 11.5. The number of carbonyl (C=O) groups is 1. The van der Waals surface area contributed by atoms with E-state index >= 15 is 0 Å². The van der Waals surface area contributed by atoms with Gasteiger partial charge in [0.15, 0.2) is 0 Å². The number of rotatable bonds is 9. The van der Waals surface area contributed by atoms with Crippen LogP contribution in [0.3, 0.4) is 0 Å². The minimum atomic E-state index is -1.02. The fraction of sp³-hybridized carbons (Fsp3) is 0.278. The lowest BCUT2D eigenvalue weighted by Gasteiger charge is -2.07. The Hall–Kier alpha value is -3.11. The zero-order chi connectivity index (χ0) is 19.9. The van der Waals surface area contributed by atoms with Crippen LogP contribution < -0.4 is 10.5 Å². The van der Waals surface area contributed by atoms with Gasteiger partial charge in [0.25, 0.3) is 0 Å². The first-order chi connectivity index (χ1) is 13.5. The zero-order valence-electron chi connectivity index (χ0n) is 15.3. The number of tetrazole rings is 1. The van der Waals surface area contributed by atoms with Crippen molar-refractivity contribution in [2.24, 2.45) is 5.73 Å². The Bertz CT molecular complexity index is 940. The van der Waals surface area contributed by atoms with Crippen LogP contribution in [0.5, 0.6) is 5.75 Å². The van der Waals surface area contributed by atoms with Gasteiger partial charge in [0.2, 0.25) is 5.82 Å². The summed E-state index contributed by atoms with van der Waals surface area (Å²) < 4.78 is 20.0. The third kappa shape index (κ3) is 6.47. The quantitative estimate of drug-likeness (QED) is 0.533. The maximum atomic E-state index is 14.4. The second-order valence-corrected chi connectivity index (χ2v) is 6.09. The number of carboxylic acids is 1. The molecule has 9 nitrogen and oxygen atoms in total. The molecule has 154 valence electrons. The highest BCUT2D eigenvalue weighted by atomic mass is 35.5. The summed E-state index contributed by atoms with van der Waals surface area (Å²) in [4.78, 5) is 16.0. The number of hydrogen-bond donors (Lipinski definition) is 2. The van der Waals surface area contributed by atoms with Gasteiger partial charge >= 0.3 is 5.97 Å². The van der Waals surface area contributed by atoms with Gasteiger partial charge in [0.05, 0.1) is 25.1 Å². The Kier molecular flexibility index (Phi) is 7.98. The highest BCUT2D eigenvalue weighted by Crippen LogP contribution is 2.23. The highest BCUT2D eigenvalue weighted by molar-refractivity contribution is 5.85. The van der Waals surface area contributed by atoms with E-state index in [2.05, 4.69) is 20.4 Å². The molecule has 0 aliphatic rings. The number of carboxylic acid groups (broad SMARTS) is 1. The molecule has 1 aromatic carbocycles. The van der Waals surface area contributed by atoms with Crippen molar-refractivity contribution in [2.75, 3.05) is 6.61 Å². The van der Waals surface area contributed by atoms with Crippen LogP contribution >= 0.6 is 12.4 Å². The summed E-state index contributed by atoms with van der Waals surface area (Å²) in [6, 6.07) is 9.33. The third-order valence-corrected chi connectivity index (χ3v) is 3.82. The summed E-state index contributed by atoms with van der Waals surface area (Å²) in [6.07, 6.45) is 2.09. The number of ether oxygens (including phenoxy) is 1. The molecule has 11 heteroatoms. The van der Waals surface area contributed by atoms with E-state index < -0.39 is 17.8 Å². The van der Waals surface area contributed by atoms with Gasteiger partial charge in [-0.25, -0.2) is 4.39 Å². The molecule has 0 aliphatic heterocycles. The maximum absolute atomic E-state index is 14.4. The average molecular weight is 423 g/mol. The minimum absolute atomic E-state index is 0. The topological polar surface area (TPSA) is 129 Å². The number of halogens is 2. The molecule has 1 unspecified atom stereocenters. The number of benzene rings is 1. The lowest BCUT2D eigenvalue weighted by Crippen LogP contribution is -2.30. The van der Waals surface area contributed by atoms with Crippen molar-refractivity contribution in [2.45, 2.75) is 25.4 Å². The first kappa shape index (κ1) is 22.2. The van der Waals surface area contributed by atoms with Crippen LogP contribution in [0.25, 0.3) is 11.4 Å². The Morgan fingerprint density at radius 1 is 1.31 bits per heavy atom. The number of nitrogens with two attached hydrogens (primary N) is 1. The molecule has 3 aromatic rings. The predicted octanol–water partition coefficient (Wildman–Crippen LogP) is 1.72. The maximum Gasteiger partial charge on any atom is 0.304 e. The number of nitrogens with zero attached hydrogens (tertiary/aromatic N) is 5. The first-order valence-corrected chi connectivity index (χ1v) is 8.59. The van der Waals surface area contributed by atoms with Gasteiger partial charge in [-0.2, -0.15) is 4.80 Å². The molecular weight excluding hydrogens is 403 g/mol. The van der Waals surface area contributed by atoms with Crippen LogP contribution in [0.15, 0.2) is 42.6 Å². The van der Waals surface area contributed by atoms with Crippen molar-refractivity contribution >= 4 is 18.4 Å². The fourth-order valence-corrected chi connectivity index (χ4v) is 2.51. The SMILES string of the molecule is Cl.NC(CC(=O)O)Cn1nnc(-c2ccc(OCCc3ccccn3)cc2F)n1. The molecule has 1 atom stereocenters. The molecule has 0 bridgehead atoms. The van der Waals surface area contributed by atoms with Crippen molar-refractivity contribution in [3.05, 3.63) is 54.1 Å². The molecule has 0 saturated carbocycles. The molecule has 2 aromatic heterocycles. The van der Waals surface area contributed by atoms with Crippen LogP contribution in [0.2, 0.25) is 0 Å². The molecule has 3 rings (SSSR count). The van der Waals surface area contributed by atoms with Gasteiger partial charge < -0.3 is 15.6 Å². The van der Waals surface area contributed by atoms with Crippen LogP contribution in [0, 0.1) is 5.82 Å². The molecule has 0 saturated heterocycles. The van der Waals surface area contributed by atoms with Gasteiger partial charge in [-0.1, -0.05) is 6.07 Å². The zero-order valence-corrected chi connectivity index (χ0v) is 16.1. The second-order valence-electron chi connectivity index (χ2n) is 6.09. The Labute approximate surface area is 172 Å². The smallest absolute Gasteiger partial charge is 0.304 e. The van der Waals surface area contributed by atoms with Crippen LogP contribution in [0.1, 0.15) is 12.1 Å². The van der Waals surface area contributed by atoms with Gasteiger partial charge in [0.1, 0.15) is 11.6 Å². The number of pyridine rings is 1. The summed E-state index contributed by atoms with van der Waals surface area (Å²) in [7, 11) is 0. The standard InChI is InChI=1S/C18H19FN6O3.ClH/c19-16-10-14(28-8-6-13-3-1-2-7-21-13)4-5-15(16)18-22-24-25(23-18)11-12(20)9-17(26)27;/h1-5,7,10,12H,6,8-9,11,20H2,(H,26,27);1H. The molecule has 0 radical (unpaired) electrons. The monoisotopic (exact) mass is 422 g/mol. The van der Waals surface area contributed by atoms with E-state index in [0.717, 1.165) is 10.5 Å². The molecular formula is C18H20ClFN6O3. The lowest BCUT2D eigenvalue weighted by atomic mass is 10.2. The van der Waals surface area contributed by atoms with Crippen LogP contribution in [-0.4, -0.2) is 48.9 Å². The van der Waals surface area contributed by atoms with E-state index in [1.165, 1.54) is 12.1 Å². The molecule has 0 spiro atoms. The third-order valence-electron chi connectivity index (χ3n) is 3.82. The largest absolute Gasteiger partial charge is 0.493 e. The fourth-order valence-electron chi connectivity index (χ4n) is 2.51. The highest BCUT2D eigenvalue weighted by Gasteiger charge is 2.15. The molecule has 2 heterocycles. The molecule has 0 amide bonds. The molecule has 3 N–H and O–H groups in total. The number of aromatic nitrogens is 5. The summed E-state index contributed by atoms with van der Waals surface area (Å²) in [5.41, 5.74) is 6.74. The second kappa shape index (κ2) is 10.4. The van der Waals surface area contributed by atoms with Crippen molar-refractivity contribution in [1.82, 2.24) is 25.2 Å². The number of hydrogen-bond acceptors (Lipinski definition) is 7. The van der Waals surface area contributed by atoms with Gasteiger partial charge in [-0.15, -0.1) is 22.6 Å². The lowest BCUT2D eigenvalue weighted by molar-refractivity contribution is -0.137. The van der Waals surface area contributed by atoms with E-state index in [0.29, 0.717) is 18.8 Å². The van der Waals surface area contributed by atoms with E-state index in [1.54, 1.807) is 12.3 Å². The summed E-state index contributed by atoms with van der Waals surface area (Å²) in [5, 5.41) is 20.4. The van der Waals surface area contributed by atoms with E-state index in [1.807, 2.05) is 18.2 Å². The Balaban J connectivity index is 0.00000300. The van der Waals surface area contributed by atoms with Crippen molar-refractivity contribution < 1.29 is 19.0 Å². The summed E-state index contributed by atoms with van der Waals surface area (Å²) in [5.74, 6) is -1.10. The molecule has 0 aliphatic carbocycles. The van der Waals surface area contributed by atoms with Gasteiger partial charge in [0, 0.05) is 30.4 Å². The average Bonchev–Trinajstić information content (AvgIpc) is 3.10. The van der Waals surface area contributed by atoms with Crippen molar-refractivity contribution in [3.8, 4) is 17.1 Å². The van der Waals surface area contributed by atoms with Crippen molar-refractivity contribution in [3.63, 3.8) is 0 Å². The number of aliphatic carboxylic acids is 1. The van der Waals surface area contributed by atoms with E-state index in [9.17, 15) is 9.18 Å². The predicted molar refractivity (Wildman–Crippen MR) is 104 cm³/mol. The van der Waals surface area contributed by atoms with Crippen LogP contribution in [0.4, 0.5) is 4.39 Å². The van der Waals surface area contributed by atoms with E-state index in [-0.39, 0.29) is 36.8 Å². The molecule has 29 heavy (non-hydrogen) atoms. The minimum Gasteiger partial charge on any atom is -0.493 e. The van der Waals surface area contributed by atoms with Gasteiger partial charge in [-0.3, -0.25) is 9.78 Å². The molecule has 0 fully saturated rings. The Morgan fingerprint density at radius 2 is 2.14 bits per heavy atom. The Morgan fingerprint density at radius 3 is 2.83 bits per heavy atom. The summed E-state index contributed by atoms with van der Waals surface area (Å²) in [6.45, 7) is 0.432. The van der Waals surface area contributed by atoms with Crippen LogP contribution in [-0.2, 0) is 17.8 Å². The first-order valence-electron chi connectivity index (χ1n) is 8.59. The van der Waals surface area contributed by atoms with E-state index in [4.69, 9.17) is 15.6 Å². The summed E-state index contributed by atoms with van der Waals surface area (Å²) >= 11 is 0. The van der Waals surface area contributed by atoms with Gasteiger partial charge in [-0.05, 0) is 29.5 Å². The van der Waals surface area contributed by atoms with Crippen molar-refractivity contribution in [1.29, 1.82) is 0 Å².